The third-order valence-electron chi connectivity index (χ3n) is 4.13. The van der Waals surface area contributed by atoms with Gasteiger partial charge in [-0.15, -0.1) is 0 Å². The molecule has 0 bridgehead atoms. The third kappa shape index (κ3) is 5.75. The maximum absolute atomic E-state index is 12.4. The van der Waals surface area contributed by atoms with Gasteiger partial charge >= 0.3 is 5.69 Å². The van der Waals surface area contributed by atoms with Gasteiger partial charge in [0.05, 0.1) is 37.0 Å². The first kappa shape index (κ1) is 21.8. The van der Waals surface area contributed by atoms with E-state index in [-0.39, 0.29) is 17.2 Å². The summed E-state index contributed by atoms with van der Waals surface area (Å²) in [4.78, 5) is 11.7. The van der Waals surface area contributed by atoms with Gasteiger partial charge in [0.1, 0.15) is 5.75 Å². The fourth-order valence-electron chi connectivity index (χ4n) is 2.46. The van der Waals surface area contributed by atoms with Crippen molar-refractivity contribution < 1.29 is 23.0 Å². The number of nitrogens with one attached hydrogen (secondary N) is 2. The summed E-state index contributed by atoms with van der Waals surface area (Å²) in [6.07, 6.45) is 0. The molecule has 0 radical (unpaired) electrons. The molecule has 0 unspecified atom stereocenters. The summed E-state index contributed by atoms with van der Waals surface area (Å²) in [7, 11) is -0.0365. The molecule has 0 saturated carbocycles. The van der Waals surface area contributed by atoms with Crippen molar-refractivity contribution in [2.24, 2.45) is 0 Å². The summed E-state index contributed by atoms with van der Waals surface area (Å²) in [5.41, 5.74) is 0.711. The second kappa shape index (κ2) is 9.13. The Morgan fingerprint density at radius 2 is 1.79 bits per heavy atom. The predicted molar refractivity (Wildman–Crippen MR) is 107 cm³/mol. The van der Waals surface area contributed by atoms with E-state index in [1.807, 2.05) is 26.2 Å². The maximum atomic E-state index is 12.4. The van der Waals surface area contributed by atoms with Crippen molar-refractivity contribution in [3.8, 4) is 11.5 Å². The van der Waals surface area contributed by atoms with E-state index in [1.54, 1.807) is 12.1 Å². The number of rotatable bonds is 9. The number of nitro groups is 1. The molecule has 0 aromatic heterocycles. The van der Waals surface area contributed by atoms with Gasteiger partial charge in [-0.2, -0.15) is 0 Å². The van der Waals surface area contributed by atoms with Gasteiger partial charge in [0.25, 0.3) is 0 Å². The van der Waals surface area contributed by atoms with Crippen LogP contribution in [-0.2, 0) is 10.0 Å². The van der Waals surface area contributed by atoms with Crippen LogP contribution >= 0.6 is 0 Å². The van der Waals surface area contributed by atoms with Gasteiger partial charge in [-0.05, 0) is 35.7 Å². The van der Waals surface area contributed by atoms with Crippen LogP contribution in [0.1, 0.15) is 25.3 Å². The van der Waals surface area contributed by atoms with Gasteiger partial charge in [0.15, 0.2) is 0 Å². The van der Waals surface area contributed by atoms with Gasteiger partial charge in [0, 0.05) is 6.07 Å². The monoisotopic (exact) mass is 408 g/mol. The van der Waals surface area contributed by atoms with Crippen molar-refractivity contribution in [2.75, 3.05) is 27.2 Å². The van der Waals surface area contributed by atoms with Crippen molar-refractivity contribution in [1.82, 2.24) is 4.72 Å². The van der Waals surface area contributed by atoms with Crippen LogP contribution in [0.5, 0.6) is 11.5 Å². The Bertz CT molecular complexity index is 925. The average molecular weight is 409 g/mol. The molecule has 0 fully saturated rings. The number of quaternary nitrogens is 1. The van der Waals surface area contributed by atoms with Crippen molar-refractivity contribution >= 4 is 15.7 Å². The number of sulfonamides is 1. The largest absolute Gasteiger partial charge is 0.450 e. The summed E-state index contributed by atoms with van der Waals surface area (Å²) in [6, 6.07) is 10.9. The highest BCUT2D eigenvalue weighted by Crippen LogP contribution is 2.33. The summed E-state index contributed by atoms with van der Waals surface area (Å²) >= 11 is 0. The van der Waals surface area contributed by atoms with Crippen molar-refractivity contribution in [1.29, 1.82) is 0 Å². The fraction of sp³-hybridized carbons (Fsp3) is 0.368. The van der Waals surface area contributed by atoms with Gasteiger partial charge in [-0.1, -0.05) is 26.0 Å². The molecule has 2 N–H and O–H groups in total. The van der Waals surface area contributed by atoms with E-state index in [9.17, 15) is 18.5 Å². The first-order valence-electron chi connectivity index (χ1n) is 8.95. The molecule has 2 aromatic rings. The minimum atomic E-state index is -3.84. The molecule has 0 spiro atoms. The molecule has 0 heterocycles. The van der Waals surface area contributed by atoms with E-state index in [0.717, 1.165) is 16.5 Å². The summed E-state index contributed by atoms with van der Waals surface area (Å²) < 4.78 is 32.8. The van der Waals surface area contributed by atoms with Crippen LogP contribution in [0.15, 0.2) is 47.4 Å². The molecule has 0 atom stereocenters. The highest BCUT2D eigenvalue weighted by atomic mass is 32.2. The lowest BCUT2D eigenvalue weighted by atomic mass is 10.0. The molecular weight excluding hydrogens is 382 g/mol. The molecule has 9 heteroatoms. The van der Waals surface area contributed by atoms with E-state index in [2.05, 4.69) is 18.6 Å². The number of hydrogen-bond acceptors (Lipinski definition) is 5. The third-order valence-corrected chi connectivity index (χ3v) is 5.59. The first-order chi connectivity index (χ1) is 13.1. The van der Waals surface area contributed by atoms with E-state index in [0.29, 0.717) is 18.2 Å². The Morgan fingerprint density at radius 1 is 1.14 bits per heavy atom. The SMILES string of the molecule is CC(C)c1ccc(Oc2ccc(S(=O)(=O)NCC[NH+](C)C)cc2[N+](=O)[O-])cc1. The normalized spacial score (nSPS) is 11.8. The van der Waals surface area contributed by atoms with E-state index in [1.165, 1.54) is 12.1 Å². The summed E-state index contributed by atoms with van der Waals surface area (Å²) in [5, 5.41) is 11.4. The molecule has 152 valence electrons. The standard InChI is InChI=1S/C19H25N3O5S/c1-14(2)15-5-7-16(8-6-15)27-19-10-9-17(13-18(19)22(23)24)28(25,26)20-11-12-21(3)4/h5-10,13-14,20H,11-12H2,1-4H3/p+1. The quantitative estimate of drug-likeness (QED) is 0.488. The molecule has 0 aliphatic carbocycles. The maximum Gasteiger partial charge on any atom is 0.312 e. The summed E-state index contributed by atoms with van der Waals surface area (Å²) in [5.74, 6) is 0.781. The number of hydrogen-bond donors (Lipinski definition) is 2. The molecule has 0 aliphatic heterocycles. The molecule has 28 heavy (non-hydrogen) atoms. The number of benzene rings is 2. The van der Waals surface area contributed by atoms with Crippen molar-refractivity contribution in [3.05, 3.63) is 58.1 Å². The molecule has 2 rings (SSSR count). The van der Waals surface area contributed by atoms with Gasteiger partial charge in [-0.25, -0.2) is 13.1 Å². The minimum Gasteiger partial charge on any atom is -0.450 e. The van der Waals surface area contributed by atoms with Crippen LogP contribution in [0, 0.1) is 10.1 Å². The van der Waals surface area contributed by atoms with Crippen LogP contribution in [0.3, 0.4) is 0 Å². The van der Waals surface area contributed by atoms with Crippen LogP contribution < -0.4 is 14.4 Å². The zero-order valence-corrected chi connectivity index (χ0v) is 17.2. The van der Waals surface area contributed by atoms with Crippen LogP contribution in [-0.4, -0.2) is 40.5 Å². The first-order valence-corrected chi connectivity index (χ1v) is 10.4. The lowest BCUT2D eigenvalue weighted by Crippen LogP contribution is -3.06. The van der Waals surface area contributed by atoms with E-state index in [4.69, 9.17) is 4.74 Å². The Labute approximate surface area is 165 Å². The second-order valence-corrected chi connectivity index (χ2v) is 8.83. The van der Waals surface area contributed by atoms with E-state index >= 15 is 0 Å². The van der Waals surface area contributed by atoms with Crippen LogP contribution in [0.2, 0.25) is 0 Å². The zero-order valence-electron chi connectivity index (χ0n) is 16.4. The van der Waals surface area contributed by atoms with Crippen molar-refractivity contribution in [3.63, 3.8) is 0 Å². The van der Waals surface area contributed by atoms with Gasteiger partial charge < -0.3 is 9.64 Å². The fourth-order valence-corrected chi connectivity index (χ4v) is 3.51. The zero-order chi connectivity index (χ0) is 20.9. The topological polar surface area (TPSA) is 103 Å². The number of nitro benzene ring substituents is 1. The molecule has 2 aromatic carbocycles. The molecule has 0 aliphatic rings. The van der Waals surface area contributed by atoms with Crippen molar-refractivity contribution in [2.45, 2.75) is 24.7 Å². The molecule has 8 nitrogen and oxygen atoms in total. The predicted octanol–water partition coefficient (Wildman–Crippen LogP) is 1.93. The number of ether oxygens (including phenoxy) is 1. The lowest BCUT2D eigenvalue weighted by molar-refractivity contribution is -0.856. The highest BCUT2D eigenvalue weighted by Gasteiger charge is 2.23. The number of nitrogens with zero attached hydrogens (tertiary/aromatic N) is 1. The highest BCUT2D eigenvalue weighted by molar-refractivity contribution is 7.89. The van der Waals surface area contributed by atoms with Gasteiger partial charge in [-0.3, -0.25) is 10.1 Å². The Balaban J connectivity index is 2.26. The van der Waals surface area contributed by atoms with E-state index < -0.39 is 20.6 Å². The minimum absolute atomic E-state index is 0.0148. The van der Waals surface area contributed by atoms with Crippen LogP contribution in [0.4, 0.5) is 5.69 Å². The average Bonchev–Trinajstić information content (AvgIpc) is 2.61. The molecular formula is C19H26N3O5S+. The molecule has 0 amide bonds. The number of likely N-dealkylation sites (N-methyl/N-ethyl adjacent to an activating group) is 1. The Hall–Kier alpha value is -2.49. The summed E-state index contributed by atoms with van der Waals surface area (Å²) in [6.45, 7) is 4.95. The molecule has 0 saturated heterocycles. The Morgan fingerprint density at radius 3 is 2.32 bits per heavy atom. The van der Waals surface area contributed by atoms with Crippen LogP contribution in [0.25, 0.3) is 0 Å². The second-order valence-electron chi connectivity index (χ2n) is 7.07. The van der Waals surface area contributed by atoms with Gasteiger partial charge in [0.2, 0.25) is 15.8 Å². The lowest BCUT2D eigenvalue weighted by Gasteiger charge is -2.11. The Kier molecular flexibility index (Phi) is 7.11. The smallest absolute Gasteiger partial charge is 0.312 e.